The maximum Gasteiger partial charge on any atom is 0.313 e. The molecule has 1 aliphatic heterocycles. The van der Waals surface area contributed by atoms with E-state index in [2.05, 4.69) is 13.2 Å². The number of rotatable bonds is 4. The zero-order valence-electron chi connectivity index (χ0n) is 7.40. The van der Waals surface area contributed by atoms with E-state index in [1.807, 2.05) is 0 Å². The molecule has 1 saturated heterocycles. The highest BCUT2D eigenvalue weighted by atomic mass is 16.2. The Bertz CT molecular complexity index is 234. The van der Waals surface area contributed by atoms with Crippen molar-refractivity contribution in [3.05, 3.63) is 25.3 Å². The molecule has 0 saturated carbocycles. The van der Waals surface area contributed by atoms with Crippen molar-refractivity contribution in [3.8, 4) is 0 Å². The van der Waals surface area contributed by atoms with Gasteiger partial charge in [0.25, 0.3) is 0 Å². The van der Waals surface area contributed by atoms with Crippen LogP contribution in [0.3, 0.4) is 0 Å². The summed E-state index contributed by atoms with van der Waals surface area (Å²) in [6.45, 7) is 8.19. The fraction of sp³-hybridized carbons (Fsp3) is 0.333. The van der Waals surface area contributed by atoms with Crippen LogP contribution in [0.25, 0.3) is 0 Å². The lowest BCUT2D eigenvalue weighted by Crippen LogP contribution is -2.27. The van der Waals surface area contributed by atoms with Gasteiger partial charge in [-0.3, -0.25) is 9.59 Å². The standard InChI is InChI=1S/C9H12N2O2/c1-3-5-10-7-11(6-4-2)9(13)8(10)12/h3-4H,1-2,5-7H2. The molecule has 0 spiro atoms. The average molecular weight is 180 g/mol. The summed E-state index contributed by atoms with van der Waals surface area (Å²) in [4.78, 5) is 25.4. The van der Waals surface area contributed by atoms with Gasteiger partial charge in [-0.15, -0.1) is 13.2 Å². The lowest BCUT2D eigenvalue weighted by atomic mass is 10.5. The quantitative estimate of drug-likeness (QED) is 0.451. The molecule has 0 aromatic rings. The van der Waals surface area contributed by atoms with E-state index in [0.29, 0.717) is 19.8 Å². The van der Waals surface area contributed by atoms with Gasteiger partial charge in [-0.2, -0.15) is 0 Å². The molecular weight excluding hydrogens is 168 g/mol. The molecule has 0 aromatic heterocycles. The third-order valence-corrected chi connectivity index (χ3v) is 1.80. The summed E-state index contributed by atoms with van der Waals surface area (Å²) in [7, 11) is 0. The van der Waals surface area contributed by atoms with E-state index in [1.165, 1.54) is 9.80 Å². The van der Waals surface area contributed by atoms with Crippen LogP contribution in [-0.4, -0.2) is 41.4 Å². The summed E-state index contributed by atoms with van der Waals surface area (Å²) in [6, 6.07) is 0. The first-order valence-electron chi connectivity index (χ1n) is 4.00. The number of nitrogens with zero attached hydrogens (tertiary/aromatic N) is 2. The van der Waals surface area contributed by atoms with Gasteiger partial charge in [-0.05, 0) is 0 Å². The Morgan fingerprint density at radius 1 is 1.08 bits per heavy atom. The third-order valence-electron chi connectivity index (χ3n) is 1.80. The molecule has 1 aliphatic rings. The first kappa shape index (κ1) is 9.51. The molecule has 0 aromatic carbocycles. The second-order valence-corrected chi connectivity index (χ2v) is 2.77. The van der Waals surface area contributed by atoms with Crippen molar-refractivity contribution in [1.29, 1.82) is 0 Å². The zero-order chi connectivity index (χ0) is 9.84. The minimum atomic E-state index is -0.457. The van der Waals surface area contributed by atoms with Crippen molar-refractivity contribution in [1.82, 2.24) is 9.80 Å². The van der Waals surface area contributed by atoms with Crippen LogP contribution in [0.4, 0.5) is 0 Å². The Morgan fingerprint density at radius 2 is 1.46 bits per heavy atom. The predicted octanol–water partition coefficient (Wildman–Crippen LogP) is -0.0133. The maximum atomic E-state index is 11.2. The van der Waals surface area contributed by atoms with Crippen molar-refractivity contribution in [2.24, 2.45) is 0 Å². The summed E-state index contributed by atoms with van der Waals surface area (Å²) in [5.41, 5.74) is 0. The molecule has 70 valence electrons. The van der Waals surface area contributed by atoms with Gasteiger partial charge in [-0.25, -0.2) is 0 Å². The maximum absolute atomic E-state index is 11.2. The first-order valence-corrected chi connectivity index (χ1v) is 4.00. The summed E-state index contributed by atoms with van der Waals surface area (Å²) in [5.74, 6) is -0.913. The van der Waals surface area contributed by atoms with Crippen LogP contribution in [0.15, 0.2) is 25.3 Å². The minimum Gasteiger partial charge on any atom is -0.313 e. The number of amides is 2. The Hall–Kier alpha value is -1.58. The average Bonchev–Trinajstić information content (AvgIpc) is 2.36. The normalized spacial score (nSPS) is 16.6. The Labute approximate surface area is 77.1 Å². The summed E-state index contributed by atoms with van der Waals surface area (Å²) in [5, 5.41) is 0. The fourth-order valence-electron chi connectivity index (χ4n) is 1.20. The van der Waals surface area contributed by atoms with E-state index < -0.39 is 11.8 Å². The molecule has 0 aliphatic carbocycles. The van der Waals surface area contributed by atoms with Gasteiger partial charge in [-0.1, -0.05) is 12.2 Å². The highest BCUT2D eigenvalue weighted by Gasteiger charge is 2.34. The summed E-state index contributed by atoms with van der Waals surface area (Å²) >= 11 is 0. The van der Waals surface area contributed by atoms with Crippen LogP contribution >= 0.6 is 0 Å². The number of carbonyl (C=O) groups is 2. The van der Waals surface area contributed by atoms with E-state index in [4.69, 9.17) is 0 Å². The SMILES string of the molecule is C=CCN1CN(CC=C)C(=O)C1=O. The molecule has 0 N–H and O–H groups in total. The molecule has 2 amide bonds. The number of carbonyl (C=O) groups excluding carboxylic acids is 2. The van der Waals surface area contributed by atoms with Gasteiger partial charge in [0.2, 0.25) is 0 Å². The van der Waals surface area contributed by atoms with E-state index >= 15 is 0 Å². The Balaban J connectivity index is 2.66. The van der Waals surface area contributed by atoms with E-state index in [-0.39, 0.29) is 0 Å². The topological polar surface area (TPSA) is 40.6 Å². The van der Waals surface area contributed by atoms with Crippen molar-refractivity contribution >= 4 is 11.8 Å². The Kier molecular flexibility index (Phi) is 2.84. The number of hydrogen-bond donors (Lipinski definition) is 0. The van der Waals surface area contributed by atoms with Crippen LogP contribution in [0, 0.1) is 0 Å². The van der Waals surface area contributed by atoms with Crippen molar-refractivity contribution in [2.75, 3.05) is 19.8 Å². The van der Waals surface area contributed by atoms with Crippen LogP contribution in [0.5, 0.6) is 0 Å². The lowest BCUT2D eigenvalue weighted by Gasteiger charge is -2.14. The molecule has 1 heterocycles. The van der Waals surface area contributed by atoms with Gasteiger partial charge in [0.15, 0.2) is 0 Å². The highest BCUT2D eigenvalue weighted by molar-refractivity contribution is 6.36. The van der Waals surface area contributed by atoms with Crippen LogP contribution in [-0.2, 0) is 9.59 Å². The van der Waals surface area contributed by atoms with Gasteiger partial charge in [0.1, 0.15) is 0 Å². The third kappa shape index (κ3) is 1.77. The van der Waals surface area contributed by atoms with Crippen LogP contribution in [0.1, 0.15) is 0 Å². The molecule has 0 unspecified atom stereocenters. The highest BCUT2D eigenvalue weighted by Crippen LogP contribution is 2.07. The predicted molar refractivity (Wildman–Crippen MR) is 48.7 cm³/mol. The number of hydrogen-bond acceptors (Lipinski definition) is 2. The second-order valence-electron chi connectivity index (χ2n) is 2.77. The molecule has 0 radical (unpaired) electrons. The van der Waals surface area contributed by atoms with Gasteiger partial charge in [0.05, 0.1) is 6.67 Å². The van der Waals surface area contributed by atoms with Crippen molar-refractivity contribution in [2.45, 2.75) is 0 Å². The van der Waals surface area contributed by atoms with Gasteiger partial charge >= 0.3 is 11.8 Å². The first-order chi connectivity index (χ1) is 6.20. The smallest absolute Gasteiger partial charge is 0.313 e. The van der Waals surface area contributed by atoms with Crippen molar-refractivity contribution < 1.29 is 9.59 Å². The molecule has 0 bridgehead atoms. The summed E-state index contributed by atoms with van der Waals surface area (Å²) in [6.07, 6.45) is 3.20. The molecule has 4 nitrogen and oxygen atoms in total. The molecular formula is C9H12N2O2. The molecule has 4 heteroatoms. The fourth-order valence-corrected chi connectivity index (χ4v) is 1.20. The van der Waals surface area contributed by atoms with Crippen LogP contribution < -0.4 is 0 Å². The largest absolute Gasteiger partial charge is 0.313 e. The van der Waals surface area contributed by atoms with E-state index in [9.17, 15) is 9.59 Å². The molecule has 13 heavy (non-hydrogen) atoms. The van der Waals surface area contributed by atoms with E-state index in [0.717, 1.165) is 0 Å². The van der Waals surface area contributed by atoms with Gasteiger partial charge in [0, 0.05) is 13.1 Å². The summed E-state index contributed by atoms with van der Waals surface area (Å²) < 4.78 is 0. The zero-order valence-corrected chi connectivity index (χ0v) is 7.40. The molecule has 0 atom stereocenters. The second kappa shape index (κ2) is 3.89. The molecule has 1 fully saturated rings. The molecule has 1 rings (SSSR count). The monoisotopic (exact) mass is 180 g/mol. The van der Waals surface area contributed by atoms with Crippen LogP contribution in [0.2, 0.25) is 0 Å². The minimum absolute atomic E-state index is 0.343. The van der Waals surface area contributed by atoms with E-state index in [1.54, 1.807) is 12.2 Å². The van der Waals surface area contributed by atoms with Gasteiger partial charge < -0.3 is 9.80 Å². The van der Waals surface area contributed by atoms with Crippen molar-refractivity contribution in [3.63, 3.8) is 0 Å². The Morgan fingerprint density at radius 3 is 1.77 bits per heavy atom. The lowest BCUT2D eigenvalue weighted by molar-refractivity contribution is -0.142.